The van der Waals surface area contributed by atoms with Gasteiger partial charge >= 0.3 is 5.97 Å². The number of likely N-dealkylation sites (tertiary alicyclic amines) is 1. The molecule has 0 atom stereocenters. The first-order chi connectivity index (χ1) is 10.6. The number of carboxylic acid groups (broad SMARTS) is 1. The lowest BCUT2D eigenvalue weighted by atomic mass is 9.97. The van der Waals surface area contributed by atoms with Crippen LogP contribution in [0.25, 0.3) is 11.4 Å². The number of nitrogens with zero attached hydrogens (tertiary/aromatic N) is 3. The molecule has 1 fully saturated rings. The lowest BCUT2D eigenvalue weighted by Crippen LogP contribution is -2.40. The van der Waals surface area contributed by atoms with Crippen molar-refractivity contribution >= 4 is 11.9 Å². The lowest BCUT2D eigenvalue weighted by Gasteiger charge is -2.29. The Kier molecular flexibility index (Phi) is 3.86. The molecule has 3 rings (SSSR count). The molecule has 1 saturated heterocycles. The number of pyridine rings is 1. The second kappa shape index (κ2) is 5.97. The summed E-state index contributed by atoms with van der Waals surface area (Å²) < 4.78 is 5.11. The van der Waals surface area contributed by atoms with E-state index >= 15 is 0 Å². The topological polar surface area (TPSA) is 96.5 Å². The number of carboxylic acids is 1. The Morgan fingerprint density at radius 2 is 2.00 bits per heavy atom. The molecule has 2 aromatic heterocycles. The number of aliphatic carboxylic acids is 1. The van der Waals surface area contributed by atoms with Crippen molar-refractivity contribution in [2.45, 2.75) is 12.8 Å². The van der Waals surface area contributed by atoms with E-state index in [1.807, 2.05) is 6.07 Å². The summed E-state index contributed by atoms with van der Waals surface area (Å²) in [6.07, 6.45) is 2.56. The van der Waals surface area contributed by atoms with E-state index in [1.54, 1.807) is 29.3 Å². The Morgan fingerprint density at radius 3 is 2.64 bits per heavy atom. The number of carbonyl (C=O) groups excluding carboxylic acids is 1. The van der Waals surface area contributed by atoms with Crippen molar-refractivity contribution in [3.05, 3.63) is 36.2 Å². The molecule has 7 heteroatoms. The van der Waals surface area contributed by atoms with Crippen LogP contribution in [-0.2, 0) is 4.79 Å². The molecule has 0 aliphatic carbocycles. The fourth-order valence-electron chi connectivity index (χ4n) is 2.50. The largest absolute Gasteiger partial charge is 0.481 e. The van der Waals surface area contributed by atoms with Crippen LogP contribution in [0.5, 0.6) is 0 Å². The molecular formula is C15H15N3O4. The first kappa shape index (κ1) is 14.2. The van der Waals surface area contributed by atoms with Gasteiger partial charge in [0.05, 0.1) is 11.6 Å². The van der Waals surface area contributed by atoms with Gasteiger partial charge in [0.1, 0.15) is 5.69 Å². The molecule has 0 unspecified atom stereocenters. The van der Waals surface area contributed by atoms with Crippen LogP contribution in [0.15, 0.2) is 35.0 Å². The number of piperidine rings is 1. The summed E-state index contributed by atoms with van der Waals surface area (Å²) in [6, 6.07) is 6.97. The maximum atomic E-state index is 12.3. The minimum atomic E-state index is -0.802. The Balaban J connectivity index is 1.69. The molecule has 0 saturated carbocycles. The highest BCUT2D eigenvalue weighted by molar-refractivity contribution is 5.92. The van der Waals surface area contributed by atoms with E-state index in [2.05, 4.69) is 10.1 Å². The highest BCUT2D eigenvalue weighted by Crippen LogP contribution is 2.21. The second-order valence-electron chi connectivity index (χ2n) is 5.20. The zero-order valence-electron chi connectivity index (χ0n) is 11.8. The van der Waals surface area contributed by atoms with Gasteiger partial charge in [0.25, 0.3) is 5.91 Å². The molecular weight excluding hydrogens is 286 g/mol. The van der Waals surface area contributed by atoms with Crippen molar-refractivity contribution in [3.63, 3.8) is 0 Å². The van der Waals surface area contributed by atoms with Gasteiger partial charge in [-0.15, -0.1) is 0 Å². The van der Waals surface area contributed by atoms with E-state index in [-0.39, 0.29) is 17.6 Å². The van der Waals surface area contributed by atoms with Crippen molar-refractivity contribution in [1.82, 2.24) is 15.0 Å². The zero-order valence-corrected chi connectivity index (χ0v) is 11.8. The molecule has 2 aromatic rings. The molecule has 1 N–H and O–H groups in total. The standard InChI is InChI=1S/C15H15N3O4/c19-14(18-7-4-10(5-8-18)15(20)21)13-9-12(17-22-13)11-3-1-2-6-16-11/h1-3,6,9-10H,4-5,7-8H2,(H,20,21). The summed E-state index contributed by atoms with van der Waals surface area (Å²) in [5.41, 5.74) is 1.14. The second-order valence-corrected chi connectivity index (χ2v) is 5.20. The van der Waals surface area contributed by atoms with Crippen LogP contribution in [0.2, 0.25) is 0 Å². The molecule has 22 heavy (non-hydrogen) atoms. The minimum Gasteiger partial charge on any atom is -0.481 e. The summed E-state index contributed by atoms with van der Waals surface area (Å²) in [6.45, 7) is 0.824. The Labute approximate surface area is 126 Å². The van der Waals surface area contributed by atoms with Gasteiger partial charge in [0.2, 0.25) is 5.76 Å². The highest BCUT2D eigenvalue weighted by Gasteiger charge is 2.29. The molecule has 1 aliphatic heterocycles. The summed E-state index contributed by atoms with van der Waals surface area (Å²) >= 11 is 0. The summed E-state index contributed by atoms with van der Waals surface area (Å²) in [5, 5.41) is 12.8. The van der Waals surface area contributed by atoms with Crippen LogP contribution < -0.4 is 0 Å². The monoisotopic (exact) mass is 301 g/mol. The van der Waals surface area contributed by atoms with Crippen molar-refractivity contribution < 1.29 is 19.2 Å². The van der Waals surface area contributed by atoms with Gasteiger partial charge in [-0.2, -0.15) is 0 Å². The van der Waals surface area contributed by atoms with Crippen molar-refractivity contribution in [2.24, 2.45) is 5.92 Å². The number of rotatable bonds is 3. The fraction of sp³-hybridized carbons (Fsp3) is 0.333. The average molecular weight is 301 g/mol. The lowest BCUT2D eigenvalue weighted by molar-refractivity contribution is -0.143. The number of carbonyl (C=O) groups is 2. The first-order valence-electron chi connectivity index (χ1n) is 7.05. The SMILES string of the molecule is O=C(O)C1CCN(C(=O)c2cc(-c3ccccn3)no2)CC1. The van der Waals surface area contributed by atoms with Gasteiger partial charge < -0.3 is 14.5 Å². The van der Waals surface area contributed by atoms with Crippen LogP contribution in [0, 0.1) is 5.92 Å². The third-order valence-corrected chi connectivity index (χ3v) is 3.78. The van der Waals surface area contributed by atoms with Gasteiger partial charge in [0, 0.05) is 25.4 Å². The molecule has 0 aromatic carbocycles. The maximum Gasteiger partial charge on any atom is 0.306 e. The summed E-state index contributed by atoms with van der Waals surface area (Å²) in [5.74, 6) is -1.29. The quantitative estimate of drug-likeness (QED) is 0.926. The van der Waals surface area contributed by atoms with Crippen molar-refractivity contribution in [1.29, 1.82) is 0 Å². The van der Waals surface area contributed by atoms with Gasteiger partial charge in [-0.1, -0.05) is 11.2 Å². The Morgan fingerprint density at radius 1 is 1.23 bits per heavy atom. The molecule has 7 nitrogen and oxygen atoms in total. The van der Waals surface area contributed by atoms with Gasteiger partial charge in [0.15, 0.2) is 0 Å². The van der Waals surface area contributed by atoms with Crippen LogP contribution in [0.4, 0.5) is 0 Å². The predicted octanol–water partition coefficient (Wildman–Crippen LogP) is 1.67. The zero-order chi connectivity index (χ0) is 15.5. The van der Waals surface area contributed by atoms with E-state index in [0.717, 1.165) is 0 Å². The summed E-state index contributed by atoms with van der Waals surface area (Å²) in [7, 11) is 0. The Hall–Kier alpha value is -2.70. The maximum absolute atomic E-state index is 12.3. The van der Waals surface area contributed by atoms with Crippen LogP contribution in [0.3, 0.4) is 0 Å². The summed E-state index contributed by atoms with van der Waals surface area (Å²) in [4.78, 5) is 29.0. The van der Waals surface area contributed by atoms with E-state index in [1.165, 1.54) is 0 Å². The van der Waals surface area contributed by atoms with E-state index in [9.17, 15) is 9.59 Å². The molecule has 0 radical (unpaired) electrons. The molecule has 1 aliphatic rings. The van der Waals surface area contributed by atoms with Gasteiger partial charge in [-0.05, 0) is 25.0 Å². The van der Waals surface area contributed by atoms with Gasteiger partial charge in [-0.25, -0.2) is 0 Å². The molecule has 3 heterocycles. The molecule has 114 valence electrons. The average Bonchev–Trinajstić information content (AvgIpc) is 3.05. The van der Waals surface area contributed by atoms with Crippen LogP contribution >= 0.6 is 0 Å². The smallest absolute Gasteiger partial charge is 0.306 e. The third kappa shape index (κ3) is 2.83. The molecule has 1 amide bonds. The number of hydrogen-bond donors (Lipinski definition) is 1. The predicted molar refractivity (Wildman–Crippen MR) is 76.0 cm³/mol. The fourth-order valence-corrected chi connectivity index (χ4v) is 2.50. The van der Waals surface area contributed by atoms with E-state index in [0.29, 0.717) is 37.3 Å². The molecule has 0 bridgehead atoms. The minimum absolute atomic E-state index is 0.148. The van der Waals surface area contributed by atoms with Crippen LogP contribution in [0.1, 0.15) is 23.4 Å². The number of amides is 1. The van der Waals surface area contributed by atoms with Crippen molar-refractivity contribution in [3.8, 4) is 11.4 Å². The first-order valence-corrected chi connectivity index (χ1v) is 7.05. The number of hydrogen-bond acceptors (Lipinski definition) is 5. The number of aromatic nitrogens is 2. The third-order valence-electron chi connectivity index (χ3n) is 3.78. The van der Waals surface area contributed by atoms with E-state index < -0.39 is 5.97 Å². The molecule has 0 spiro atoms. The van der Waals surface area contributed by atoms with Crippen molar-refractivity contribution in [2.75, 3.05) is 13.1 Å². The van der Waals surface area contributed by atoms with E-state index in [4.69, 9.17) is 9.63 Å². The van der Waals surface area contributed by atoms with Gasteiger partial charge in [-0.3, -0.25) is 14.6 Å². The van der Waals surface area contributed by atoms with Crippen LogP contribution in [-0.4, -0.2) is 45.1 Å². The Bertz CT molecular complexity index is 675. The highest BCUT2D eigenvalue weighted by atomic mass is 16.5. The normalized spacial score (nSPS) is 15.7.